The van der Waals surface area contributed by atoms with Crippen molar-refractivity contribution in [3.05, 3.63) is 65.7 Å². The average molecular weight is 326 g/mol. The van der Waals surface area contributed by atoms with Gasteiger partial charge < -0.3 is 10.1 Å². The van der Waals surface area contributed by atoms with Crippen molar-refractivity contribution in [3.8, 4) is 5.75 Å². The van der Waals surface area contributed by atoms with Crippen molar-refractivity contribution < 1.29 is 9.53 Å². The first-order valence-electron chi connectivity index (χ1n) is 8.32. The van der Waals surface area contributed by atoms with Crippen LogP contribution in [-0.2, 0) is 11.3 Å². The van der Waals surface area contributed by atoms with Crippen molar-refractivity contribution in [1.82, 2.24) is 10.2 Å². The zero-order chi connectivity index (χ0) is 17.4. The molecule has 4 heteroatoms. The van der Waals surface area contributed by atoms with E-state index in [1.165, 1.54) is 5.56 Å². The molecule has 0 saturated heterocycles. The predicted octanol–water partition coefficient (Wildman–Crippen LogP) is 3.39. The third-order valence-corrected chi connectivity index (χ3v) is 4.05. The van der Waals surface area contributed by atoms with Gasteiger partial charge in [-0.1, -0.05) is 55.5 Å². The largest absolute Gasteiger partial charge is 0.496 e. The van der Waals surface area contributed by atoms with Crippen LogP contribution in [0, 0.1) is 0 Å². The van der Waals surface area contributed by atoms with Crippen LogP contribution in [0.25, 0.3) is 0 Å². The molecule has 0 aliphatic carbocycles. The number of nitrogens with zero attached hydrogens (tertiary/aromatic N) is 1. The number of carbonyl (C=O) groups is 1. The molecule has 0 aliphatic heterocycles. The fourth-order valence-electron chi connectivity index (χ4n) is 2.71. The molecular formula is C20H26N2O2. The normalized spacial score (nSPS) is 12.0. The number of carbonyl (C=O) groups excluding carboxylic acids is 1. The van der Waals surface area contributed by atoms with E-state index < -0.39 is 0 Å². The van der Waals surface area contributed by atoms with Crippen molar-refractivity contribution in [1.29, 1.82) is 0 Å². The Labute approximate surface area is 144 Å². The molecule has 0 aromatic heterocycles. The molecule has 2 rings (SSSR count). The van der Waals surface area contributed by atoms with Crippen molar-refractivity contribution in [3.63, 3.8) is 0 Å². The number of methoxy groups -OCH3 is 1. The molecule has 0 radical (unpaired) electrons. The van der Waals surface area contributed by atoms with E-state index >= 15 is 0 Å². The highest BCUT2D eigenvalue weighted by Crippen LogP contribution is 2.24. The van der Waals surface area contributed by atoms with Gasteiger partial charge in [0.15, 0.2) is 0 Å². The lowest BCUT2D eigenvalue weighted by molar-refractivity contribution is -0.123. The smallest absolute Gasteiger partial charge is 0.234 e. The van der Waals surface area contributed by atoms with Gasteiger partial charge in [-0.2, -0.15) is 0 Å². The maximum Gasteiger partial charge on any atom is 0.234 e. The van der Waals surface area contributed by atoms with Crippen molar-refractivity contribution in [2.45, 2.75) is 26.4 Å². The Morgan fingerprint density at radius 1 is 1.12 bits per heavy atom. The van der Waals surface area contributed by atoms with E-state index in [1.54, 1.807) is 7.11 Å². The Balaban J connectivity index is 1.93. The van der Waals surface area contributed by atoms with Crippen LogP contribution in [0.1, 0.15) is 31.0 Å². The van der Waals surface area contributed by atoms with Crippen LogP contribution < -0.4 is 10.1 Å². The number of hydrogen-bond acceptors (Lipinski definition) is 3. The molecular weight excluding hydrogens is 300 g/mol. The van der Waals surface area contributed by atoms with Gasteiger partial charge in [-0.15, -0.1) is 0 Å². The van der Waals surface area contributed by atoms with Crippen molar-refractivity contribution >= 4 is 5.91 Å². The summed E-state index contributed by atoms with van der Waals surface area (Å²) < 4.78 is 5.37. The van der Waals surface area contributed by atoms with Crippen LogP contribution in [0.3, 0.4) is 0 Å². The number of benzene rings is 2. The first kappa shape index (κ1) is 18.0. The summed E-state index contributed by atoms with van der Waals surface area (Å²) in [5.41, 5.74) is 2.20. The van der Waals surface area contributed by atoms with Gasteiger partial charge in [0.2, 0.25) is 5.91 Å². The van der Waals surface area contributed by atoms with Gasteiger partial charge >= 0.3 is 0 Å². The fourth-order valence-corrected chi connectivity index (χ4v) is 2.71. The summed E-state index contributed by atoms with van der Waals surface area (Å²) in [5.74, 6) is 0.813. The number of para-hydroxylation sites is 1. The molecule has 0 heterocycles. The first-order valence-corrected chi connectivity index (χ1v) is 8.32. The summed E-state index contributed by atoms with van der Waals surface area (Å²) in [6.07, 6.45) is 0. The molecule has 4 nitrogen and oxygen atoms in total. The van der Waals surface area contributed by atoms with Crippen molar-refractivity contribution in [2.75, 3.05) is 20.2 Å². The van der Waals surface area contributed by atoms with E-state index in [0.717, 1.165) is 24.4 Å². The van der Waals surface area contributed by atoms with E-state index in [9.17, 15) is 4.79 Å². The molecule has 1 atom stereocenters. The maximum atomic E-state index is 12.4. The van der Waals surface area contributed by atoms with Gasteiger partial charge in [0.05, 0.1) is 19.7 Å². The molecule has 2 aromatic rings. The van der Waals surface area contributed by atoms with Gasteiger partial charge in [-0.25, -0.2) is 0 Å². The van der Waals surface area contributed by atoms with Gasteiger partial charge in [-0.05, 0) is 25.1 Å². The van der Waals surface area contributed by atoms with Crippen LogP contribution >= 0.6 is 0 Å². The summed E-state index contributed by atoms with van der Waals surface area (Å²) in [6.45, 7) is 6.02. The summed E-state index contributed by atoms with van der Waals surface area (Å²) in [4.78, 5) is 14.5. The van der Waals surface area contributed by atoms with Crippen LogP contribution in [0.4, 0.5) is 0 Å². The Kier molecular flexibility index (Phi) is 6.82. The molecule has 0 bridgehead atoms. The van der Waals surface area contributed by atoms with E-state index in [-0.39, 0.29) is 11.9 Å². The molecule has 1 N–H and O–H groups in total. The lowest BCUT2D eigenvalue weighted by Gasteiger charge is -2.22. The molecule has 0 saturated carbocycles. The van der Waals surface area contributed by atoms with Crippen LogP contribution in [0.5, 0.6) is 5.75 Å². The molecule has 0 aliphatic rings. The maximum absolute atomic E-state index is 12.4. The summed E-state index contributed by atoms with van der Waals surface area (Å²) in [6, 6.07) is 17.9. The predicted molar refractivity (Wildman–Crippen MR) is 96.9 cm³/mol. The molecule has 128 valence electrons. The molecule has 0 unspecified atom stereocenters. The second-order valence-electron chi connectivity index (χ2n) is 5.82. The molecule has 0 spiro atoms. The zero-order valence-electron chi connectivity index (χ0n) is 14.7. The Hall–Kier alpha value is -2.33. The standard InChI is InChI=1S/C20H26N2O2/c1-4-22(14-17-10-6-5-7-11-17)15-20(23)21-16(2)18-12-8-9-13-19(18)24-3/h5-13,16H,4,14-15H2,1-3H3,(H,21,23)/t16-/m0/s1. The number of hydrogen-bond donors (Lipinski definition) is 1. The molecule has 1 amide bonds. The number of amides is 1. The lowest BCUT2D eigenvalue weighted by Crippen LogP contribution is -2.38. The Morgan fingerprint density at radius 2 is 1.79 bits per heavy atom. The van der Waals surface area contributed by atoms with Crippen LogP contribution in [0.2, 0.25) is 0 Å². The van der Waals surface area contributed by atoms with Gasteiger partial charge in [0.1, 0.15) is 5.75 Å². The second-order valence-corrected chi connectivity index (χ2v) is 5.82. The van der Waals surface area contributed by atoms with Crippen LogP contribution in [-0.4, -0.2) is 31.0 Å². The lowest BCUT2D eigenvalue weighted by atomic mass is 10.1. The minimum atomic E-state index is -0.0934. The third kappa shape index (κ3) is 5.10. The van der Waals surface area contributed by atoms with E-state index in [4.69, 9.17) is 4.74 Å². The highest BCUT2D eigenvalue weighted by Gasteiger charge is 2.15. The highest BCUT2D eigenvalue weighted by atomic mass is 16.5. The highest BCUT2D eigenvalue weighted by molar-refractivity contribution is 5.78. The molecule has 24 heavy (non-hydrogen) atoms. The third-order valence-electron chi connectivity index (χ3n) is 4.05. The van der Waals surface area contributed by atoms with E-state index in [0.29, 0.717) is 6.54 Å². The van der Waals surface area contributed by atoms with Gasteiger partial charge in [-0.3, -0.25) is 9.69 Å². The Bertz CT molecular complexity index is 643. The summed E-state index contributed by atoms with van der Waals surface area (Å²) in [5, 5.41) is 3.06. The second kappa shape index (κ2) is 9.08. The number of ether oxygens (including phenoxy) is 1. The number of rotatable bonds is 8. The summed E-state index contributed by atoms with van der Waals surface area (Å²) >= 11 is 0. The van der Waals surface area contributed by atoms with Crippen LogP contribution in [0.15, 0.2) is 54.6 Å². The SMILES string of the molecule is CCN(CC(=O)N[C@@H](C)c1ccccc1OC)Cc1ccccc1. The quantitative estimate of drug-likeness (QED) is 0.808. The first-order chi connectivity index (χ1) is 11.6. The molecule has 2 aromatic carbocycles. The van der Waals surface area contributed by atoms with E-state index in [2.05, 4.69) is 29.3 Å². The van der Waals surface area contributed by atoms with Crippen molar-refractivity contribution in [2.24, 2.45) is 0 Å². The van der Waals surface area contributed by atoms with E-state index in [1.807, 2.05) is 49.4 Å². The Morgan fingerprint density at radius 3 is 2.46 bits per heavy atom. The van der Waals surface area contributed by atoms with Gasteiger partial charge in [0.25, 0.3) is 0 Å². The number of likely N-dealkylation sites (N-methyl/N-ethyl adjacent to an activating group) is 1. The topological polar surface area (TPSA) is 41.6 Å². The zero-order valence-corrected chi connectivity index (χ0v) is 14.7. The van der Waals surface area contributed by atoms with Gasteiger partial charge in [0, 0.05) is 12.1 Å². The average Bonchev–Trinajstić information content (AvgIpc) is 2.61. The number of nitrogens with one attached hydrogen (secondary N) is 1. The minimum Gasteiger partial charge on any atom is -0.496 e. The summed E-state index contributed by atoms with van der Waals surface area (Å²) in [7, 11) is 1.64. The molecule has 0 fully saturated rings. The minimum absolute atomic E-state index is 0.0196. The monoisotopic (exact) mass is 326 g/mol. The fraction of sp³-hybridized carbons (Fsp3) is 0.350.